The molecule has 0 aliphatic carbocycles. The molecule has 0 fully saturated rings. The first-order valence-electron chi connectivity index (χ1n) is 15.8. The maximum Gasteiger partial charge on any atom is 0.409 e. The van der Waals surface area contributed by atoms with Gasteiger partial charge in [0.15, 0.2) is 0 Å². The van der Waals surface area contributed by atoms with Crippen molar-refractivity contribution in [2.24, 2.45) is 0 Å². The minimum Gasteiger partial charge on any atom is -0.469 e. The number of amides is 1. The zero-order chi connectivity index (χ0) is 33.0. The summed E-state index contributed by atoms with van der Waals surface area (Å²) in [4.78, 5) is 41.5. The smallest absolute Gasteiger partial charge is 0.409 e. The fraction of sp³-hybridized carbons (Fsp3) is 0.444. The average Bonchev–Trinajstić information content (AvgIpc) is 3.74. The van der Waals surface area contributed by atoms with Gasteiger partial charge in [-0.15, -0.1) is 0 Å². The van der Waals surface area contributed by atoms with Crippen molar-refractivity contribution in [3.63, 3.8) is 0 Å². The molecule has 1 atom stereocenters. The van der Waals surface area contributed by atoms with Crippen LogP contribution in [0.2, 0.25) is 0 Å². The Morgan fingerprint density at radius 3 is 2.16 bits per heavy atom. The van der Waals surface area contributed by atoms with Crippen molar-refractivity contribution in [2.45, 2.75) is 87.1 Å². The highest BCUT2D eigenvalue weighted by atomic mass is 16.6. The number of aryl methyl sites for hydroxylation is 3. The van der Waals surface area contributed by atoms with Crippen LogP contribution in [0.5, 0.6) is 0 Å². The van der Waals surface area contributed by atoms with Crippen molar-refractivity contribution in [3.05, 3.63) is 68.8 Å². The monoisotopic (exact) mass is 613 g/mol. The predicted molar refractivity (Wildman–Crippen MR) is 181 cm³/mol. The van der Waals surface area contributed by atoms with Crippen LogP contribution in [0.25, 0.3) is 33.7 Å². The zero-order valence-electron chi connectivity index (χ0n) is 28.4. The summed E-state index contributed by atoms with van der Waals surface area (Å²) in [7, 11) is 3.16. The van der Waals surface area contributed by atoms with E-state index in [9.17, 15) is 9.59 Å². The van der Waals surface area contributed by atoms with E-state index >= 15 is 0 Å². The van der Waals surface area contributed by atoms with Crippen LogP contribution in [0.1, 0.15) is 97.6 Å². The summed E-state index contributed by atoms with van der Waals surface area (Å²) >= 11 is 0. The molecule has 240 valence electrons. The molecule has 2 aliphatic rings. The summed E-state index contributed by atoms with van der Waals surface area (Å²) in [6, 6.07) is 6.51. The third-order valence-corrected chi connectivity index (χ3v) is 8.69. The number of nitrogens with one attached hydrogen (secondary N) is 2. The molecule has 3 aromatic rings. The molecule has 0 saturated heterocycles. The number of nitrogens with zero attached hydrogens (tertiary/aromatic N) is 3. The minimum atomic E-state index is -0.329. The summed E-state index contributed by atoms with van der Waals surface area (Å²) in [6.07, 6.45) is 4.11. The van der Waals surface area contributed by atoms with Gasteiger partial charge in [0.1, 0.15) is 0 Å². The van der Waals surface area contributed by atoms with Crippen molar-refractivity contribution < 1.29 is 19.1 Å². The Balaban J connectivity index is 0.000000700. The van der Waals surface area contributed by atoms with Gasteiger partial charge in [-0.25, -0.2) is 9.78 Å². The lowest BCUT2D eigenvalue weighted by molar-refractivity contribution is -0.140. The molecule has 5 heterocycles. The lowest BCUT2D eigenvalue weighted by Gasteiger charge is -2.16. The molecule has 9 nitrogen and oxygen atoms in total. The van der Waals surface area contributed by atoms with Gasteiger partial charge in [-0.1, -0.05) is 20.8 Å². The molecule has 2 N–H and O–H groups in total. The number of H-pyrrole nitrogens is 2. The predicted octanol–water partition coefficient (Wildman–Crippen LogP) is 7.87. The molecule has 2 aliphatic heterocycles. The van der Waals surface area contributed by atoms with Gasteiger partial charge in [-0.3, -0.25) is 9.78 Å². The SMILES string of the molecule is CCC(=O)OC.CCOC(=O)N(C)Cc1c(C)c2cc3nc(c(C)c4nc(cc5[nH]c(cc1[nH]2)c(C)c5CC)C(C)=C4)CC3C. The topological polar surface area (TPSA) is 113 Å². The second kappa shape index (κ2) is 14.1. The number of ether oxygens (including phenoxy) is 2. The number of fused-ring (bicyclic) bond motifs is 8. The van der Waals surface area contributed by atoms with Crippen LogP contribution in [0.4, 0.5) is 4.79 Å². The average molecular weight is 614 g/mol. The van der Waals surface area contributed by atoms with E-state index in [-0.39, 0.29) is 12.1 Å². The Labute approximate surface area is 266 Å². The Morgan fingerprint density at radius 1 is 0.911 bits per heavy atom. The van der Waals surface area contributed by atoms with Gasteiger partial charge in [0, 0.05) is 58.4 Å². The lowest BCUT2D eigenvalue weighted by Crippen LogP contribution is -2.27. The molecule has 45 heavy (non-hydrogen) atoms. The van der Waals surface area contributed by atoms with Gasteiger partial charge in [0.2, 0.25) is 0 Å². The number of aromatic nitrogens is 4. The summed E-state index contributed by atoms with van der Waals surface area (Å²) in [6.45, 7) is 17.3. The van der Waals surface area contributed by atoms with Crippen LogP contribution in [0, 0.1) is 20.8 Å². The van der Waals surface area contributed by atoms with Gasteiger partial charge >= 0.3 is 12.1 Å². The van der Waals surface area contributed by atoms with Gasteiger partial charge in [0.05, 0.1) is 31.6 Å². The van der Waals surface area contributed by atoms with Crippen LogP contribution in [-0.4, -0.2) is 57.7 Å². The molecule has 0 spiro atoms. The molecule has 0 saturated carbocycles. The highest BCUT2D eigenvalue weighted by molar-refractivity contribution is 5.85. The number of carbonyl (C=O) groups is 2. The van der Waals surface area contributed by atoms with E-state index in [2.05, 4.69) is 80.5 Å². The fourth-order valence-electron chi connectivity index (χ4n) is 5.79. The van der Waals surface area contributed by atoms with E-state index in [1.165, 1.54) is 18.2 Å². The van der Waals surface area contributed by atoms with E-state index in [0.717, 1.165) is 79.9 Å². The molecule has 9 heteroatoms. The summed E-state index contributed by atoms with van der Waals surface area (Å²) in [5, 5.41) is 0. The standard InChI is InChI=1S/C32H39N5O2.C4H8O2/c1-9-22-19(5)29-15-31-23(16-37(8)32(38)39-10-2)20(6)28(36-31)13-24-17(3)11-26(33-24)21(7)27-12-18(4)25(34-27)14-30(22)35-29;1-3-4(5)6-2/h12-15,17,35-36H,9-11,16H2,1-8H3;3H2,1-2H3. The van der Waals surface area contributed by atoms with E-state index in [0.29, 0.717) is 25.5 Å². The van der Waals surface area contributed by atoms with Gasteiger partial charge in [0.25, 0.3) is 0 Å². The second-order valence-corrected chi connectivity index (χ2v) is 11.8. The van der Waals surface area contributed by atoms with E-state index < -0.39 is 0 Å². The molecule has 3 aromatic heterocycles. The second-order valence-electron chi connectivity index (χ2n) is 11.8. The maximum atomic E-state index is 12.5. The number of carbonyl (C=O) groups excluding carboxylic acids is 2. The number of allylic oxidation sites excluding steroid dienone is 1. The molecule has 1 amide bonds. The third-order valence-electron chi connectivity index (χ3n) is 8.69. The minimum absolute atomic E-state index is 0.157. The molecule has 8 bridgehead atoms. The van der Waals surface area contributed by atoms with Gasteiger partial charge in [-0.05, 0) is 99.6 Å². The summed E-state index contributed by atoms with van der Waals surface area (Å²) in [5.41, 5.74) is 15.2. The van der Waals surface area contributed by atoms with Crippen molar-refractivity contribution in [3.8, 4) is 0 Å². The highest BCUT2D eigenvalue weighted by Crippen LogP contribution is 2.32. The van der Waals surface area contributed by atoms with Crippen LogP contribution in [0.15, 0.2) is 18.2 Å². The quantitative estimate of drug-likeness (QED) is 0.283. The Morgan fingerprint density at radius 2 is 1.56 bits per heavy atom. The Bertz CT molecular complexity index is 1790. The third kappa shape index (κ3) is 7.13. The van der Waals surface area contributed by atoms with Crippen LogP contribution in [0.3, 0.4) is 0 Å². The first-order valence-corrected chi connectivity index (χ1v) is 15.8. The van der Waals surface area contributed by atoms with Gasteiger partial charge < -0.3 is 24.3 Å². The number of hydrogen-bond donors (Lipinski definition) is 2. The number of methoxy groups -OCH3 is 1. The van der Waals surface area contributed by atoms with Crippen LogP contribution >= 0.6 is 0 Å². The van der Waals surface area contributed by atoms with Gasteiger partial charge in [-0.2, -0.15) is 0 Å². The van der Waals surface area contributed by atoms with E-state index in [1.807, 2.05) is 6.92 Å². The molecule has 0 radical (unpaired) electrons. The molecule has 0 aromatic carbocycles. The number of hydrogen-bond acceptors (Lipinski definition) is 6. The van der Waals surface area contributed by atoms with Crippen molar-refractivity contribution in [1.82, 2.24) is 24.8 Å². The van der Waals surface area contributed by atoms with Crippen LogP contribution < -0.4 is 0 Å². The fourth-order valence-corrected chi connectivity index (χ4v) is 5.79. The Hall–Kier alpha value is -4.40. The lowest BCUT2D eigenvalue weighted by atomic mass is 10.0. The molecule has 5 rings (SSSR count). The Kier molecular flexibility index (Phi) is 10.5. The summed E-state index contributed by atoms with van der Waals surface area (Å²) < 4.78 is 9.52. The zero-order valence-corrected chi connectivity index (χ0v) is 28.4. The molecular weight excluding hydrogens is 566 g/mol. The number of esters is 1. The van der Waals surface area contributed by atoms with Crippen molar-refractivity contribution >= 4 is 45.8 Å². The number of rotatable bonds is 5. The number of aromatic amines is 2. The van der Waals surface area contributed by atoms with Crippen molar-refractivity contribution in [1.29, 1.82) is 0 Å². The van der Waals surface area contributed by atoms with E-state index in [4.69, 9.17) is 14.7 Å². The first kappa shape index (κ1) is 33.5. The molecule has 1 unspecified atom stereocenters. The first-order chi connectivity index (χ1) is 21.4. The largest absolute Gasteiger partial charge is 0.469 e. The van der Waals surface area contributed by atoms with Crippen LogP contribution in [-0.2, 0) is 33.7 Å². The van der Waals surface area contributed by atoms with Crippen molar-refractivity contribution in [2.75, 3.05) is 20.8 Å². The molecular formula is C36H47N5O4. The normalized spacial score (nSPS) is 13.9. The highest BCUT2D eigenvalue weighted by Gasteiger charge is 2.21. The maximum absolute atomic E-state index is 12.5. The van der Waals surface area contributed by atoms with E-state index in [1.54, 1.807) is 18.9 Å². The summed E-state index contributed by atoms with van der Waals surface area (Å²) in [5.74, 6) is 0.142.